The van der Waals surface area contributed by atoms with Crippen molar-refractivity contribution in [3.63, 3.8) is 0 Å². The molecule has 100 valence electrons. The molecule has 0 radical (unpaired) electrons. The Labute approximate surface area is 115 Å². The van der Waals surface area contributed by atoms with Crippen molar-refractivity contribution in [2.45, 2.75) is 40.2 Å². The molecular formula is C15H23ClN2. The van der Waals surface area contributed by atoms with Crippen LogP contribution in [0.1, 0.15) is 39.3 Å². The second-order valence-electron chi connectivity index (χ2n) is 6.37. The van der Waals surface area contributed by atoms with Gasteiger partial charge in [-0.1, -0.05) is 38.4 Å². The normalized spacial score (nSPS) is 19.1. The van der Waals surface area contributed by atoms with Crippen molar-refractivity contribution in [1.82, 2.24) is 9.88 Å². The molecule has 2 nitrogen and oxygen atoms in total. The van der Waals surface area contributed by atoms with Gasteiger partial charge in [0.2, 0.25) is 0 Å². The summed E-state index contributed by atoms with van der Waals surface area (Å²) in [4.78, 5) is 6.85. The van der Waals surface area contributed by atoms with Gasteiger partial charge in [-0.3, -0.25) is 4.90 Å². The highest BCUT2D eigenvalue weighted by Crippen LogP contribution is 2.34. The van der Waals surface area contributed by atoms with Crippen molar-refractivity contribution in [3.05, 3.63) is 29.0 Å². The molecule has 0 bridgehead atoms. The van der Waals surface area contributed by atoms with Crippen molar-refractivity contribution in [2.24, 2.45) is 11.3 Å². The monoisotopic (exact) mass is 266 g/mol. The Morgan fingerprint density at radius 3 is 2.50 bits per heavy atom. The first-order valence-corrected chi connectivity index (χ1v) is 7.17. The highest BCUT2D eigenvalue weighted by Gasteiger charge is 2.28. The SMILES string of the molecule is CC(C)(C)C1CCN(Cc2cccc(Cl)n2)CC1. The molecule has 0 N–H and O–H groups in total. The van der Waals surface area contributed by atoms with Gasteiger partial charge in [-0.15, -0.1) is 0 Å². The van der Waals surface area contributed by atoms with Gasteiger partial charge >= 0.3 is 0 Å². The molecule has 0 aliphatic carbocycles. The number of nitrogens with zero attached hydrogens (tertiary/aromatic N) is 2. The van der Waals surface area contributed by atoms with Gasteiger partial charge in [0.05, 0.1) is 5.69 Å². The van der Waals surface area contributed by atoms with Gasteiger partial charge in [0.25, 0.3) is 0 Å². The number of halogens is 1. The van der Waals surface area contributed by atoms with Gasteiger partial charge in [-0.25, -0.2) is 4.98 Å². The smallest absolute Gasteiger partial charge is 0.129 e. The number of rotatable bonds is 2. The van der Waals surface area contributed by atoms with Crippen LogP contribution in [-0.2, 0) is 6.54 Å². The number of hydrogen-bond donors (Lipinski definition) is 0. The minimum absolute atomic E-state index is 0.445. The topological polar surface area (TPSA) is 16.1 Å². The molecule has 18 heavy (non-hydrogen) atoms. The Bertz CT molecular complexity index is 390. The summed E-state index contributed by atoms with van der Waals surface area (Å²) in [5, 5.41) is 0.595. The van der Waals surface area contributed by atoms with E-state index in [1.54, 1.807) is 0 Å². The van der Waals surface area contributed by atoms with Crippen molar-refractivity contribution in [2.75, 3.05) is 13.1 Å². The van der Waals surface area contributed by atoms with E-state index in [4.69, 9.17) is 11.6 Å². The minimum atomic E-state index is 0.445. The Balaban J connectivity index is 1.87. The summed E-state index contributed by atoms with van der Waals surface area (Å²) in [6.07, 6.45) is 2.59. The number of likely N-dealkylation sites (tertiary alicyclic amines) is 1. The van der Waals surface area contributed by atoms with E-state index in [-0.39, 0.29) is 0 Å². The number of pyridine rings is 1. The summed E-state index contributed by atoms with van der Waals surface area (Å²) < 4.78 is 0. The Morgan fingerprint density at radius 2 is 1.94 bits per heavy atom. The molecular weight excluding hydrogens is 244 g/mol. The molecule has 3 heteroatoms. The van der Waals surface area contributed by atoms with Crippen LogP contribution in [0.2, 0.25) is 5.15 Å². The van der Waals surface area contributed by atoms with Gasteiger partial charge in [0.15, 0.2) is 0 Å². The molecule has 1 fully saturated rings. The van der Waals surface area contributed by atoms with Crippen LogP contribution in [0.3, 0.4) is 0 Å². The third-order valence-corrected chi connectivity index (χ3v) is 4.18. The molecule has 0 unspecified atom stereocenters. The molecule has 0 spiro atoms. The Kier molecular flexibility index (Phi) is 4.29. The van der Waals surface area contributed by atoms with E-state index in [0.717, 1.165) is 18.2 Å². The first-order valence-electron chi connectivity index (χ1n) is 6.79. The van der Waals surface area contributed by atoms with E-state index in [1.807, 2.05) is 12.1 Å². The predicted octanol–water partition coefficient (Wildman–Crippen LogP) is 3.99. The molecule has 1 aliphatic rings. The fourth-order valence-corrected chi connectivity index (χ4v) is 2.91. The summed E-state index contributed by atoms with van der Waals surface area (Å²) in [5.74, 6) is 0.848. The fraction of sp³-hybridized carbons (Fsp3) is 0.667. The predicted molar refractivity (Wildman–Crippen MR) is 76.7 cm³/mol. The van der Waals surface area contributed by atoms with E-state index in [1.165, 1.54) is 25.9 Å². The van der Waals surface area contributed by atoms with Crippen LogP contribution >= 0.6 is 11.6 Å². The van der Waals surface area contributed by atoms with Crippen LogP contribution in [0.4, 0.5) is 0 Å². The second kappa shape index (κ2) is 5.58. The average molecular weight is 267 g/mol. The van der Waals surface area contributed by atoms with E-state index in [2.05, 4.69) is 36.7 Å². The standard InChI is InChI=1S/C15H23ClN2/c1-15(2,3)12-7-9-18(10-8-12)11-13-5-4-6-14(16)17-13/h4-6,12H,7-11H2,1-3H3. The molecule has 2 heterocycles. The summed E-state index contributed by atoms with van der Waals surface area (Å²) in [6, 6.07) is 5.87. The molecule has 0 saturated carbocycles. The maximum atomic E-state index is 5.92. The maximum absolute atomic E-state index is 5.92. The van der Waals surface area contributed by atoms with Gasteiger partial charge in [0, 0.05) is 6.54 Å². The molecule has 1 aromatic rings. The number of hydrogen-bond acceptors (Lipinski definition) is 2. The molecule has 1 aliphatic heterocycles. The van der Waals surface area contributed by atoms with Gasteiger partial charge < -0.3 is 0 Å². The van der Waals surface area contributed by atoms with Crippen LogP contribution in [0.25, 0.3) is 0 Å². The molecule has 0 aromatic carbocycles. The van der Waals surface area contributed by atoms with Gasteiger partial charge in [-0.05, 0) is 49.4 Å². The molecule has 0 atom stereocenters. The molecule has 0 amide bonds. The average Bonchev–Trinajstić information content (AvgIpc) is 2.28. The van der Waals surface area contributed by atoms with Crippen LogP contribution in [0.15, 0.2) is 18.2 Å². The zero-order valence-corrected chi connectivity index (χ0v) is 12.4. The molecule has 1 saturated heterocycles. The summed E-state index contributed by atoms with van der Waals surface area (Å²) in [5.41, 5.74) is 1.53. The minimum Gasteiger partial charge on any atom is -0.297 e. The number of piperidine rings is 1. The molecule has 2 rings (SSSR count). The van der Waals surface area contributed by atoms with Crippen LogP contribution < -0.4 is 0 Å². The summed E-state index contributed by atoms with van der Waals surface area (Å²) in [7, 11) is 0. The fourth-order valence-electron chi connectivity index (χ4n) is 2.72. The van der Waals surface area contributed by atoms with E-state index < -0.39 is 0 Å². The molecule has 1 aromatic heterocycles. The Hall–Kier alpha value is -0.600. The van der Waals surface area contributed by atoms with Crippen LogP contribution in [0.5, 0.6) is 0 Å². The lowest BCUT2D eigenvalue weighted by Gasteiger charge is -2.38. The number of aromatic nitrogens is 1. The third-order valence-electron chi connectivity index (χ3n) is 3.97. The van der Waals surface area contributed by atoms with E-state index >= 15 is 0 Å². The Morgan fingerprint density at radius 1 is 1.28 bits per heavy atom. The van der Waals surface area contributed by atoms with Crippen molar-refractivity contribution in [1.29, 1.82) is 0 Å². The van der Waals surface area contributed by atoms with Crippen molar-refractivity contribution >= 4 is 11.6 Å². The quantitative estimate of drug-likeness (QED) is 0.753. The van der Waals surface area contributed by atoms with E-state index in [0.29, 0.717) is 10.6 Å². The van der Waals surface area contributed by atoms with Gasteiger partial charge in [-0.2, -0.15) is 0 Å². The third kappa shape index (κ3) is 3.69. The zero-order chi connectivity index (χ0) is 13.2. The largest absolute Gasteiger partial charge is 0.297 e. The lowest BCUT2D eigenvalue weighted by atomic mass is 9.75. The summed E-state index contributed by atoms with van der Waals surface area (Å²) in [6.45, 7) is 10.3. The second-order valence-corrected chi connectivity index (χ2v) is 6.76. The van der Waals surface area contributed by atoms with E-state index in [9.17, 15) is 0 Å². The first kappa shape index (κ1) is 13.8. The lowest BCUT2D eigenvalue weighted by molar-refractivity contribution is 0.107. The summed E-state index contributed by atoms with van der Waals surface area (Å²) >= 11 is 5.92. The van der Waals surface area contributed by atoms with Crippen LogP contribution in [0, 0.1) is 11.3 Å². The van der Waals surface area contributed by atoms with Gasteiger partial charge in [0.1, 0.15) is 5.15 Å². The van der Waals surface area contributed by atoms with Crippen LogP contribution in [-0.4, -0.2) is 23.0 Å². The first-order chi connectivity index (χ1) is 8.45. The highest BCUT2D eigenvalue weighted by atomic mass is 35.5. The van der Waals surface area contributed by atoms with Crippen molar-refractivity contribution in [3.8, 4) is 0 Å². The maximum Gasteiger partial charge on any atom is 0.129 e. The zero-order valence-electron chi connectivity index (χ0n) is 11.6. The lowest BCUT2D eigenvalue weighted by Crippen LogP contribution is -2.37. The highest BCUT2D eigenvalue weighted by molar-refractivity contribution is 6.29. The van der Waals surface area contributed by atoms with Crippen molar-refractivity contribution < 1.29 is 0 Å².